The summed E-state index contributed by atoms with van der Waals surface area (Å²) in [6.07, 6.45) is 1.98. The molecule has 5 heteroatoms. The van der Waals surface area contributed by atoms with Gasteiger partial charge in [0, 0.05) is 11.9 Å². The number of halogens is 1. The van der Waals surface area contributed by atoms with Gasteiger partial charge in [0.05, 0.1) is 19.8 Å². The fraction of sp³-hybridized carbons (Fsp3) is 0.900. The minimum atomic E-state index is -0.412. The maximum atomic E-state index is 11.7. The maximum Gasteiger partial charge on any atom is 0.251 e. The summed E-state index contributed by atoms with van der Waals surface area (Å²) in [6.45, 7) is 2.24. The van der Waals surface area contributed by atoms with Crippen molar-refractivity contribution in [2.24, 2.45) is 5.41 Å². The van der Waals surface area contributed by atoms with E-state index in [0.717, 1.165) is 11.9 Å². The Labute approximate surface area is 97.8 Å². The van der Waals surface area contributed by atoms with Crippen molar-refractivity contribution in [1.82, 2.24) is 5.32 Å². The second-order valence-corrected chi connectivity index (χ2v) is 4.85. The first-order valence-corrected chi connectivity index (χ1v) is 6.41. The predicted molar refractivity (Wildman–Crippen MR) is 59.0 cm³/mol. The van der Waals surface area contributed by atoms with Crippen LogP contribution in [0.5, 0.6) is 0 Å². The molecule has 2 aliphatic rings. The van der Waals surface area contributed by atoms with Crippen LogP contribution in [0.1, 0.15) is 12.8 Å². The van der Waals surface area contributed by atoms with Crippen molar-refractivity contribution in [3.63, 3.8) is 0 Å². The van der Waals surface area contributed by atoms with Crippen LogP contribution in [-0.2, 0) is 14.3 Å². The molecule has 0 aromatic carbocycles. The molecule has 15 heavy (non-hydrogen) atoms. The average molecular weight is 278 g/mol. The number of amides is 1. The number of alkyl halides is 1. The number of carbonyl (C=O) groups excluding carboxylic acids is 1. The minimum absolute atomic E-state index is 0.0399. The maximum absolute atomic E-state index is 11.7. The van der Waals surface area contributed by atoms with Crippen LogP contribution in [0.3, 0.4) is 0 Å². The van der Waals surface area contributed by atoms with Gasteiger partial charge in [0.25, 0.3) is 5.91 Å². The average Bonchev–Trinajstić information content (AvgIpc) is 3.08. The third-order valence-corrected chi connectivity index (χ3v) is 4.18. The number of hydrogen-bond acceptors (Lipinski definition) is 3. The van der Waals surface area contributed by atoms with E-state index in [0.29, 0.717) is 25.2 Å². The van der Waals surface area contributed by atoms with Crippen LogP contribution in [0.4, 0.5) is 0 Å². The van der Waals surface area contributed by atoms with Crippen molar-refractivity contribution < 1.29 is 14.3 Å². The molecule has 4 nitrogen and oxygen atoms in total. The molecule has 0 aromatic rings. The smallest absolute Gasteiger partial charge is 0.251 e. The molecule has 1 saturated heterocycles. The summed E-state index contributed by atoms with van der Waals surface area (Å²) in [4.78, 5) is 11.7. The lowest BCUT2D eigenvalue weighted by molar-refractivity contribution is -0.147. The molecule has 1 aliphatic carbocycles. The summed E-state index contributed by atoms with van der Waals surface area (Å²) >= 11 is 3.47. The standard InChI is InChI=1S/C10H16BrNO3/c11-6-10(1-2-10)7-12-9(13)8-5-14-3-4-15-8/h8H,1-7H2,(H,12,13). The van der Waals surface area contributed by atoms with E-state index in [1.165, 1.54) is 12.8 Å². The quantitative estimate of drug-likeness (QED) is 0.770. The molecule has 1 atom stereocenters. The van der Waals surface area contributed by atoms with E-state index in [4.69, 9.17) is 9.47 Å². The highest BCUT2D eigenvalue weighted by molar-refractivity contribution is 9.09. The summed E-state index contributed by atoms with van der Waals surface area (Å²) in [5, 5.41) is 3.89. The van der Waals surface area contributed by atoms with E-state index in [1.807, 2.05) is 0 Å². The molecule has 1 heterocycles. The van der Waals surface area contributed by atoms with E-state index in [-0.39, 0.29) is 5.91 Å². The fourth-order valence-corrected chi connectivity index (χ4v) is 2.32. The summed E-state index contributed by atoms with van der Waals surface area (Å²) < 4.78 is 10.5. The molecule has 0 bridgehead atoms. The summed E-state index contributed by atoms with van der Waals surface area (Å²) in [5.74, 6) is -0.0399. The van der Waals surface area contributed by atoms with Crippen LogP contribution >= 0.6 is 15.9 Å². The highest BCUT2D eigenvalue weighted by Crippen LogP contribution is 2.46. The lowest BCUT2D eigenvalue weighted by atomic mass is 10.1. The van der Waals surface area contributed by atoms with Gasteiger partial charge in [-0.25, -0.2) is 0 Å². The third kappa shape index (κ3) is 2.92. The molecule has 1 unspecified atom stereocenters. The van der Waals surface area contributed by atoms with Gasteiger partial charge in [-0.3, -0.25) is 4.79 Å². The SMILES string of the molecule is O=C(NCC1(CBr)CC1)C1COCCO1. The van der Waals surface area contributed by atoms with Gasteiger partial charge < -0.3 is 14.8 Å². The van der Waals surface area contributed by atoms with Gasteiger partial charge in [0.15, 0.2) is 6.10 Å². The largest absolute Gasteiger partial charge is 0.376 e. The minimum Gasteiger partial charge on any atom is -0.376 e. The van der Waals surface area contributed by atoms with Gasteiger partial charge in [0.2, 0.25) is 0 Å². The zero-order chi connectivity index (χ0) is 10.7. The van der Waals surface area contributed by atoms with Crippen LogP contribution in [0, 0.1) is 5.41 Å². The highest BCUT2D eigenvalue weighted by atomic mass is 79.9. The molecule has 1 saturated carbocycles. The zero-order valence-corrected chi connectivity index (χ0v) is 10.2. The first-order chi connectivity index (χ1) is 7.26. The number of ether oxygens (including phenoxy) is 2. The molecule has 2 rings (SSSR count). The summed E-state index contributed by atoms with van der Waals surface area (Å²) in [5.41, 5.74) is 0.311. The first kappa shape index (κ1) is 11.4. The van der Waals surface area contributed by atoms with E-state index < -0.39 is 6.10 Å². The lowest BCUT2D eigenvalue weighted by Crippen LogP contribution is -2.44. The van der Waals surface area contributed by atoms with E-state index in [9.17, 15) is 4.79 Å². The molecule has 86 valence electrons. The number of rotatable bonds is 4. The van der Waals surface area contributed by atoms with Crippen LogP contribution in [-0.4, -0.2) is 43.7 Å². The zero-order valence-electron chi connectivity index (χ0n) is 8.63. The van der Waals surface area contributed by atoms with Gasteiger partial charge in [-0.2, -0.15) is 0 Å². The van der Waals surface area contributed by atoms with Crippen molar-refractivity contribution >= 4 is 21.8 Å². The van der Waals surface area contributed by atoms with Gasteiger partial charge in [-0.1, -0.05) is 15.9 Å². The van der Waals surface area contributed by atoms with E-state index in [1.54, 1.807) is 0 Å². The van der Waals surface area contributed by atoms with Gasteiger partial charge >= 0.3 is 0 Å². The highest BCUT2D eigenvalue weighted by Gasteiger charge is 2.42. The molecule has 0 spiro atoms. The number of hydrogen-bond donors (Lipinski definition) is 1. The molecule has 1 amide bonds. The Kier molecular flexibility index (Phi) is 3.64. The van der Waals surface area contributed by atoms with E-state index >= 15 is 0 Å². The monoisotopic (exact) mass is 277 g/mol. The molecule has 1 N–H and O–H groups in total. The molecular formula is C10H16BrNO3. The van der Waals surface area contributed by atoms with Crippen molar-refractivity contribution in [2.45, 2.75) is 18.9 Å². The van der Waals surface area contributed by atoms with Crippen molar-refractivity contribution in [3.05, 3.63) is 0 Å². The van der Waals surface area contributed by atoms with Crippen molar-refractivity contribution in [1.29, 1.82) is 0 Å². The lowest BCUT2D eigenvalue weighted by Gasteiger charge is -2.23. The number of nitrogens with one attached hydrogen (secondary N) is 1. The normalized spacial score (nSPS) is 28.5. The van der Waals surface area contributed by atoms with Gasteiger partial charge in [-0.15, -0.1) is 0 Å². The second-order valence-electron chi connectivity index (χ2n) is 4.29. The van der Waals surface area contributed by atoms with E-state index in [2.05, 4.69) is 21.2 Å². The van der Waals surface area contributed by atoms with Crippen LogP contribution < -0.4 is 5.32 Å². The Balaban J connectivity index is 1.72. The number of carbonyl (C=O) groups is 1. The van der Waals surface area contributed by atoms with Crippen LogP contribution in [0.15, 0.2) is 0 Å². The Bertz CT molecular complexity index is 237. The molecule has 1 aliphatic heterocycles. The predicted octanol–water partition coefficient (Wildman–Crippen LogP) is 0.693. The van der Waals surface area contributed by atoms with Gasteiger partial charge in [-0.05, 0) is 18.3 Å². The Morgan fingerprint density at radius 1 is 1.47 bits per heavy atom. The Morgan fingerprint density at radius 2 is 2.27 bits per heavy atom. The topological polar surface area (TPSA) is 47.6 Å². The van der Waals surface area contributed by atoms with Crippen molar-refractivity contribution in [2.75, 3.05) is 31.7 Å². The Hall–Kier alpha value is -0.130. The third-order valence-electron chi connectivity index (χ3n) is 2.99. The Morgan fingerprint density at radius 3 is 2.80 bits per heavy atom. The van der Waals surface area contributed by atoms with Crippen molar-refractivity contribution in [3.8, 4) is 0 Å². The summed E-state index contributed by atoms with van der Waals surface area (Å²) in [7, 11) is 0. The fourth-order valence-electron chi connectivity index (χ4n) is 1.56. The molecule has 0 aromatic heterocycles. The van der Waals surface area contributed by atoms with Crippen LogP contribution in [0.2, 0.25) is 0 Å². The molecule has 0 radical (unpaired) electrons. The second kappa shape index (κ2) is 4.80. The van der Waals surface area contributed by atoms with Gasteiger partial charge in [0.1, 0.15) is 0 Å². The first-order valence-electron chi connectivity index (χ1n) is 5.29. The molecular weight excluding hydrogens is 262 g/mol. The molecule has 2 fully saturated rings. The summed E-state index contributed by atoms with van der Waals surface area (Å²) in [6, 6.07) is 0. The van der Waals surface area contributed by atoms with Crippen LogP contribution in [0.25, 0.3) is 0 Å².